The van der Waals surface area contributed by atoms with Gasteiger partial charge in [-0.2, -0.15) is 8.78 Å². The summed E-state index contributed by atoms with van der Waals surface area (Å²) >= 11 is 0. The van der Waals surface area contributed by atoms with E-state index < -0.39 is 18.8 Å². The maximum absolute atomic E-state index is 12.4. The van der Waals surface area contributed by atoms with Gasteiger partial charge in [0, 0.05) is 5.57 Å². The summed E-state index contributed by atoms with van der Waals surface area (Å²) in [5, 5.41) is 0. The van der Waals surface area contributed by atoms with E-state index in [1.165, 1.54) is 6.08 Å². The Morgan fingerprint density at radius 1 is 1.36 bits per heavy atom. The lowest BCUT2D eigenvalue weighted by atomic mass is 9.95. The van der Waals surface area contributed by atoms with E-state index in [1.807, 2.05) is 0 Å². The molecule has 0 bridgehead atoms. The second kappa shape index (κ2) is 4.48. The molecule has 1 rings (SSSR count). The summed E-state index contributed by atoms with van der Waals surface area (Å²) < 4.78 is 52.4. The standard InChI is InChI=1S/C9H10F4O/c1-5-2-3-7(14-9(12)13)6(4-5)8(10)11/h2-3,5,8-9H,4H2,1H3. The van der Waals surface area contributed by atoms with Gasteiger partial charge in [0.25, 0.3) is 6.43 Å². The highest BCUT2D eigenvalue weighted by Crippen LogP contribution is 2.29. The molecule has 1 aliphatic carbocycles. The number of hydrogen-bond donors (Lipinski definition) is 0. The van der Waals surface area contributed by atoms with E-state index in [-0.39, 0.29) is 17.9 Å². The van der Waals surface area contributed by atoms with E-state index in [0.29, 0.717) is 0 Å². The van der Waals surface area contributed by atoms with Gasteiger partial charge in [-0.05, 0) is 18.4 Å². The molecule has 5 heteroatoms. The fraction of sp³-hybridized carbons (Fsp3) is 0.556. The molecule has 1 unspecified atom stereocenters. The number of halogens is 4. The van der Waals surface area contributed by atoms with Crippen LogP contribution in [-0.2, 0) is 4.74 Å². The zero-order valence-electron chi connectivity index (χ0n) is 7.51. The molecule has 0 aromatic carbocycles. The third-order valence-corrected chi connectivity index (χ3v) is 1.91. The summed E-state index contributed by atoms with van der Waals surface area (Å²) in [6, 6.07) is 0. The summed E-state index contributed by atoms with van der Waals surface area (Å²) in [6.07, 6.45) is 0.0814. The topological polar surface area (TPSA) is 9.23 Å². The van der Waals surface area contributed by atoms with Crippen molar-refractivity contribution in [1.29, 1.82) is 0 Å². The van der Waals surface area contributed by atoms with E-state index in [1.54, 1.807) is 13.0 Å². The van der Waals surface area contributed by atoms with Crippen LogP contribution >= 0.6 is 0 Å². The minimum Gasteiger partial charge on any atom is -0.435 e. The van der Waals surface area contributed by atoms with Crippen LogP contribution < -0.4 is 0 Å². The van der Waals surface area contributed by atoms with Crippen molar-refractivity contribution < 1.29 is 22.3 Å². The van der Waals surface area contributed by atoms with Crippen LogP contribution in [0.4, 0.5) is 17.6 Å². The predicted octanol–water partition coefficient (Wildman–Crippen LogP) is 3.34. The molecule has 0 spiro atoms. The molecular formula is C9H10F4O. The summed E-state index contributed by atoms with van der Waals surface area (Å²) in [7, 11) is 0. The largest absolute Gasteiger partial charge is 0.435 e. The lowest BCUT2D eigenvalue weighted by Gasteiger charge is -2.19. The van der Waals surface area contributed by atoms with Gasteiger partial charge in [0.1, 0.15) is 5.76 Å². The van der Waals surface area contributed by atoms with Crippen molar-refractivity contribution in [1.82, 2.24) is 0 Å². The SMILES string of the molecule is CC1C=CC(OC(F)F)=C(C(F)F)C1. The number of alkyl halides is 4. The average molecular weight is 210 g/mol. The summed E-state index contributed by atoms with van der Waals surface area (Å²) in [5.74, 6) is -0.461. The molecule has 0 saturated carbocycles. The number of allylic oxidation sites excluding steroid dienone is 3. The molecule has 0 heterocycles. The Balaban J connectivity index is 2.84. The molecule has 1 aliphatic rings. The van der Waals surface area contributed by atoms with Crippen molar-refractivity contribution in [3.63, 3.8) is 0 Å². The van der Waals surface area contributed by atoms with Crippen LogP contribution in [0.15, 0.2) is 23.5 Å². The zero-order chi connectivity index (χ0) is 10.7. The fourth-order valence-electron chi connectivity index (χ4n) is 1.28. The molecule has 0 amide bonds. The third kappa shape index (κ3) is 2.75. The first-order valence-electron chi connectivity index (χ1n) is 4.15. The van der Waals surface area contributed by atoms with Crippen molar-refractivity contribution in [3.05, 3.63) is 23.5 Å². The van der Waals surface area contributed by atoms with E-state index in [2.05, 4.69) is 4.74 Å². The number of ether oxygens (including phenoxy) is 1. The Morgan fingerprint density at radius 3 is 2.50 bits per heavy atom. The molecule has 0 radical (unpaired) electrons. The van der Waals surface area contributed by atoms with Gasteiger partial charge < -0.3 is 4.74 Å². The highest BCUT2D eigenvalue weighted by molar-refractivity contribution is 5.27. The Hall–Kier alpha value is -1.00. The van der Waals surface area contributed by atoms with E-state index in [9.17, 15) is 17.6 Å². The van der Waals surface area contributed by atoms with Gasteiger partial charge in [-0.1, -0.05) is 13.0 Å². The van der Waals surface area contributed by atoms with Gasteiger partial charge in [-0.15, -0.1) is 0 Å². The van der Waals surface area contributed by atoms with Gasteiger partial charge >= 0.3 is 6.61 Å². The van der Waals surface area contributed by atoms with Crippen LogP contribution in [0.1, 0.15) is 13.3 Å². The first kappa shape index (κ1) is 11.1. The van der Waals surface area contributed by atoms with Gasteiger partial charge in [-0.3, -0.25) is 0 Å². The van der Waals surface area contributed by atoms with E-state index in [4.69, 9.17) is 0 Å². The zero-order valence-corrected chi connectivity index (χ0v) is 7.51. The highest BCUT2D eigenvalue weighted by Gasteiger charge is 2.23. The lowest BCUT2D eigenvalue weighted by molar-refractivity contribution is -0.0947. The molecule has 80 valence electrons. The Labute approximate surface area is 79.0 Å². The molecule has 0 fully saturated rings. The molecular weight excluding hydrogens is 200 g/mol. The molecule has 0 saturated heterocycles. The second-order valence-corrected chi connectivity index (χ2v) is 3.11. The highest BCUT2D eigenvalue weighted by atomic mass is 19.3. The van der Waals surface area contributed by atoms with Crippen molar-refractivity contribution >= 4 is 0 Å². The fourth-order valence-corrected chi connectivity index (χ4v) is 1.28. The molecule has 1 nitrogen and oxygen atoms in total. The van der Waals surface area contributed by atoms with Gasteiger partial charge in [-0.25, -0.2) is 8.78 Å². The van der Waals surface area contributed by atoms with Crippen LogP contribution in [0.25, 0.3) is 0 Å². The van der Waals surface area contributed by atoms with Crippen LogP contribution in [0, 0.1) is 5.92 Å². The Kier molecular flexibility index (Phi) is 3.55. The monoisotopic (exact) mass is 210 g/mol. The predicted molar refractivity (Wildman–Crippen MR) is 43.0 cm³/mol. The molecule has 0 aliphatic heterocycles. The minimum atomic E-state index is -3.06. The quantitative estimate of drug-likeness (QED) is 0.649. The summed E-state index contributed by atoms with van der Waals surface area (Å²) in [4.78, 5) is 0. The summed E-state index contributed by atoms with van der Waals surface area (Å²) in [5.41, 5.74) is -0.347. The number of hydrogen-bond acceptors (Lipinski definition) is 1. The summed E-state index contributed by atoms with van der Waals surface area (Å²) in [6.45, 7) is -1.32. The van der Waals surface area contributed by atoms with Crippen LogP contribution in [0.3, 0.4) is 0 Å². The van der Waals surface area contributed by atoms with E-state index >= 15 is 0 Å². The molecule has 1 atom stereocenters. The molecule has 0 aromatic rings. The molecule has 14 heavy (non-hydrogen) atoms. The third-order valence-electron chi connectivity index (χ3n) is 1.91. The maximum Gasteiger partial charge on any atom is 0.387 e. The Morgan fingerprint density at radius 2 is 2.00 bits per heavy atom. The van der Waals surface area contributed by atoms with Crippen LogP contribution in [0.5, 0.6) is 0 Å². The van der Waals surface area contributed by atoms with Crippen molar-refractivity contribution in [2.45, 2.75) is 26.4 Å². The first-order valence-corrected chi connectivity index (χ1v) is 4.15. The maximum atomic E-state index is 12.4. The van der Waals surface area contributed by atoms with Gasteiger partial charge in [0.2, 0.25) is 0 Å². The first-order chi connectivity index (χ1) is 6.50. The number of rotatable bonds is 3. The van der Waals surface area contributed by atoms with Crippen molar-refractivity contribution in [3.8, 4) is 0 Å². The average Bonchev–Trinajstić information content (AvgIpc) is 2.07. The normalized spacial score (nSPS) is 22.4. The van der Waals surface area contributed by atoms with Crippen LogP contribution in [0.2, 0.25) is 0 Å². The van der Waals surface area contributed by atoms with E-state index in [0.717, 1.165) is 0 Å². The van der Waals surface area contributed by atoms with Gasteiger partial charge in [0.05, 0.1) is 0 Å². The van der Waals surface area contributed by atoms with Crippen molar-refractivity contribution in [2.24, 2.45) is 5.92 Å². The molecule has 0 aromatic heterocycles. The Bertz CT molecular complexity index is 258. The lowest BCUT2D eigenvalue weighted by Crippen LogP contribution is -2.12. The van der Waals surface area contributed by atoms with Crippen molar-refractivity contribution in [2.75, 3.05) is 0 Å². The van der Waals surface area contributed by atoms with Crippen LogP contribution in [-0.4, -0.2) is 13.0 Å². The van der Waals surface area contributed by atoms with Gasteiger partial charge in [0.15, 0.2) is 0 Å². The smallest absolute Gasteiger partial charge is 0.387 e. The second-order valence-electron chi connectivity index (χ2n) is 3.11. The molecule has 0 N–H and O–H groups in total. The minimum absolute atomic E-state index is 0.0657.